The molecule has 0 aromatic heterocycles. The van der Waals surface area contributed by atoms with Gasteiger partial charge in [0.15, 0.2) is 0 Å². The van der Waals surface area contributed by atoms with Crippen molar-refractivity contribution in [3.8, 4) is 12.1 Å². The molecular weight excluding hydrogens is 196 g/mol. The van der Waals surface area contributed by atoms with E-state index in [9.17, 15) is 10.1 Å². The van der Waals surface area contributed by atoms with Crippen LogP contribution in [0.3, 0.4) is 0 Å². The standard InChI is InChI=1S/C9H6N4O2/c10-2-1-6-4-9(13(14)15)7(5-11)3-8(6)12/h3-4H,1,12H2. The number of nitro benzene ring substituents is 1. The molecule has 1 rings (SSSR count). The molecule has 0 aliphatic heterocycles. The Morgan fingerprint density at radius 3 is 2.60 bits per heavy atom. The van der Waals surface area contributed by atoms with Crippen LogP contribution in [0.25, 0.3) is 0 Å². The predicted octanol–water partition coefficient (Wildman–Crippen LogP) is 1.11. The van der Waals surface area contributed by atoms with E-state index in [1.807, 2.05) is 6.07 Å². The van der Waals surface area contributed by atoms with Gasteiger partial charge < -0.3 is 5.73 Å². The van der Waals surface area contributed by atoms with Crippen molar-refractivity contribution >= 4 is 11.4 Å². The molecule has 0 aliphatic rings. The molecule has 0 saturated heterocycles. The lowest BCUT2D eigenvalue weighted by molar-refractivity contribution is -0.385. The molecule has 1 aromatic rings. The third kappa shape index (κ3) is 2.01. The molecule has 1 aromatic carbocycles. The smallest absolute Gasteiger partial charge is 0.287 e. The number of nitrogens with zero attached hydrogens (tertiary/aromatic N) is 3. The lowest BCUT2D eigenvalue weighted by atomic mass is 10.1. The number of nitro groups is 1. The van der Waals surface area contributed by atoms with E-state index in [2.05, 4.69) is 0 Å². The highest BCUT2D eigenvalue weighted by Crippen LogP contribution is 2.24. The van der Waals surface area contributed by atoms with Crippen LogP contribution in [0, 0.1) is 32.8 Å². The highest BCUT2D eigenvalue weighted by atomic mass is 16.6. The number of nitriles is 2. The fourth-order valence-corrected chi connectivity index (χ4v) is 1.13. The molecule has 0 heterocycles. The van der Waals surface area contributed by atoms with E-state index in [0.29, 0.717) is 5.56 Å². The van der Waals surface area contributed by atoms with Crippen molar-refractivity contribution in [2.24, 2.45) is 0 Å². The van der Waals surface area contributed by atoms with Crippen molar-refractivity contribution in [2.75, 3.05) is 5.73 Å². The highest BCUT2D eigenvalue weighted by molar-refractivity contribution is 5.61. The number of anilines is 1. The van der Waals surface area contributed by atoms with E-state index in [4.69, 9.17) is 16.3 Å². The van der Waals surface area contributed by atoms with Crippen LogP contribution in [-0.2, 0) is 6.42 Å². The predicted molar refractivity (Wildman–Crippen MR) is 51.5 cm³/mol. The van der Waals surface area contributed by atoms with Crippen LogP contribution < -0.4 is 5.73 Å². The van der Waals surface area contributed by atoms with E-state index >= 15 is 0 Å². The molecule has 0 bridgehead atoms. The van der Waals surface area contributed by atoms with Crippen molar-refractivity contribution in [1.82, 2.24) is 0 Å². The molecule has 2 N–H and O–H groups in total. The summed E-state index contributed by atoms with van der Waals surface area (Å²) in [5.74, 6) is 0. The average molecular weight is 202 g/mol. The summed E-state index contributed by atoms with van der Waals surface area (Å²) < 4.78 is 0. The zero-order valence-electron chi connectivity index (χ0n) is 7.60. The second-order valence-corrected chi connectivity index (χ2v) is 2.77. The van der Waals surface area contributed by atoms with Gasteiger partial charge in [0.25, 0.3) is 5.69 Å². The van der Waals surface area contributed by atoms with Gasteiger partial charge in [-0.1, -0.05) is 0 Å². The molecule has 6 nitrogen and oxygen atoms in total. The van der Waals surface area contributed by atoms with Gasteiger partial charge in [-0.05, 0) is 11.6 Å². The summed E-state index contributed by atoms with van der Waals surface area (Å²) in [5, 5.41) is 27.7. The fourth-order valence-electron chi connectivity index (χ4n) is 1.13. The lowest BCUT2D eigenvalue weighted by Crippen LogP contribution is -1.99. The minimum atomic E-state index is -0.668. The molecular formula is C9H6N4O2. The minimum absolute atomic E-state index is 0.0155. The van der Waals surface area contributed by atoms with Crippen molar-refractivity contribution in [2.45, 2.75) is 6.42 Å². The summed E-state index contributed by atoms with van der Waals surface area (Å²) in [6.45, 7) is 0. The maximum atomic E-state index is 10.6. The third-order valence-corrected chi connectivity index (χ3v) is 1.84. The number of nitrogens with two attached hydrogens (primary N) is 1. The van der Waals surface area contributed by atoms with E-state index in [-0.39, 0.29) is 23.4 Å². The normalized spacial score (nSPS) is 8.93. The van der Waals surface area contributed by atoms with Crippen LogP contribution in [0.5, 0.6) is 0 Å². The first-order valence-corrected chi connectivity index (χ1v) is 3.94. The first kappa shape index (κ1) is 10.5. The average Bonchev–Trinajstić information content (AvgIpc) is 2.20. The summed E-state index contributed by atoms with van der Waals surface area (Å²) in [6, 6.07) is 5.90. The first-order chi connectivity index (χ1) is 7.10. The Morgan fingerprint density at radius 1 is 1.47 bits per heavy atom. The van der Waals surface area contributed by atoms with Crippen molar-refractivity contribution < 1.29 is 4.92 Å². The van der Waals surface area contributed by atoms with Gasteiger partial charge >= 0.3 is 0 Å². The lowest BCUT2D eigenvalue weighted by Gasteiger charge is -2.02. The SMILES string of the molecule is N#CCc1cc([N+](=O)[O-])c(C#N)cc1N. The van der Waals surface area contributed by atoms with Gasteiger partial charge in [-0.3, -0.25) is 10.1 Å². The Morgan fingerprint density at radius 2 is 2.13 bits per heavy atom. The number of hydrogen-bond acceptors (Lipinski definition) is 5. The Balaban J connectivity index is 3.40. The van der Waals surface area contributed by atoms with Gasteiger partial charge in [-0.2, -0.15) is 10.5 Å². The van der Waals surface area contributed by atoms with Gasteiger partial charge in [-0.15, -0.1) is 0 Å². The molecule has 0 amide bonds. The van der Waals surface area contributed by atoms with Gasteiger partial charge in [0.05, 0.1) is 17.4 Å². The van der Waals surface area contributed by atoms with E-state index in [1.165, 1.54) is 6.07 Å². The summed E-state index contributed by atoms with van der Waals surface area (Å²) >= 11 is 0. The summed E-state index contributed by atoms with van der Waals surface area (Å²) in [4.78, 5) is 9.91. The second kappa shape index (κ2) is 4.07. The zero-order valence-corrected chi connectivity index (χ0v) is 7.60. The summed E-state index contributed by atoms with van der Waals surface area (Å²) in [7, 11) is 0. The third-order valence-electron chi connectivity index (χ3n) is 1.84. The topological polar surface area (TPSA) is 117 Å². The molecule has 0 fully saturated rings. The molecule has 0 radical (unpaired) electrons. The molecule has 0 saturated carbocycles. The van der Waals surface area contributed by atoms with E-state index in [0.717, 1.165) is 6.07 Å². The van der Waals surface area contributed by atoms with Crippen molar-refractivity contribution in [1.29, 1.82) is 10.5 Å². The number of benzene rings is 1. The summed E-state index contributed by atoms with van der Waals surface area (Å²) in [6.07, 6.45) is -0.0155. The number of rotatable bonds is 2. The fraction of sp³-hybridized carbons (Fsp3) is 0.111. The summed E-state index contributed by atoms with van der Waals surface area (Å²) in [5.41, 5.74) is 5.69. The van der Waals surface area contributed by atoms with Crippen molar-refractivity contribution in [3.63, 3.8) is 0 Å². The molecule has 0 atom stereocenters. The van der Waals surface area contributed by atoms with Crippen LogP contribution in [0.15, 0.2) is 12.1 Å². The van der Waals surface area contributed by atoms with Gasteiger partial charge in [-0.25, -0.2) is 0 Å². The van der Waals surface area contributed by atoms with Crippen LogP contribution in [0.4, 0.5) is 11.4 Å². The van der Waals surface area contributed by atoms with Crippen LogP contribution in [-0.4, -0.2) is 4.92 Å². The van der Waals surface area contributed by atoms with Gasteiger partial charge in [0, 0.05) is 11.8 Å². The van der Waals surface area contributed by atoms with E-state index < -0.39 is 4.92 Å². The van der Waals surface area contributed by atoms with Crippen LogP contribution in [0.2, 0.25) is 0 Å². The van der Waals surface area contributed by atoms with Crippen molar-refractivity contribution in [3.05, 3.63) is 33.4 Å². The zero-order chi connectivity index (χ0) is 11.4. The quantitative estimate of drug-likeness (QED) is 0.438. The van der Waals surface area contributed by atoms with Gasteiger partial charge in [0.1, 0.15) is 11.6 Å². The molecule has 0 unspecified atom stereocenters. The Kier molecular flexibility index (Phi) is 2.85. The number of nitrogen functional groups attached to an aromatic ring is 1. The Bertz CT molecular complexity index is 496. The Labute approximate surface area is 85.3 Å². The second-order valence-electron chi connectivity index (χ2n) is 2.77. The highest BCUT2D eigenvalue weighted by Gasteiger charge is 2.16. The monoisotopic (exact) mass is 202 g/mol. The maximum absolute atomic E-state index is 10.6. The minimum Gasteiger partial charge on any atom is -0.398 e. The molecule has 74 valence electrons. The van der Waals surface area contributed by atoms with Gasteiger partial charge in [0.2, 0.25) is 0 Å². The molecule has 15 heavy (non-hydrogen) atoms. The molecule has 0 spiro atoms. The van der Waals surface area contributed by atoms with E-state index in [1.54, 1.807) is 6.07 Å². The van der Waals surface area contributed by atoms with Crippen LogP contribution in [0.1, 0.15) is 11.1 Å². The first-order valence-electron chi connectivity index (χ1n) is 3.94. The largest absolute Gasteiger partial charge is 0.398 e. The number of hydrogen-bond donors (Lipinski definition) is 1. The molecule has 6 heteroatoms. The van der Waals surface area contributed by atoms with Crippen LogP contribution >= 0.6 is 0 Å². The maximum Gasteiger partial charge on any atom is 0.287 e. The Hall–Kier alpha value is -2.60. The molecule has 0 aliphatic carbocycles.